The van der Waals surface area contributed by atoms with Crippen LogP contribution in [0.4, 0.5) is 0 Å². The van der Waals surface area contributed by atoms with Gasteiger partial charge in [0.25, 0.3) is 0 Å². The number of fused-ring (bicyclic) bond motifs is 1. The maximum absolute atomic E-state index is 13.6. The molecule has 0 unspecified atom stereocenters. The summed E-state index contributed by atoms with van der Waals surface area (Å²) in [5.41, 5.74) is -5.57. The molecule has 2 heterocycles. The normalized spacial score (nSPS) is 22.2. The van der Waals surface area contributed by atoms with E-state index >= 15 is 0 Å². The second kappa shape index (κ2) is 10.0. The lowest BCUT2D eigenvalue weighted by Gasteiger charge is -2.43. The van der Waals surface area contributed by atoms with Crippen molar-refractivity contribution in [2.45, 2.75) is 24.1 Å². The Morgan fingerprint density at radius 3 is 2.17 bits per heavy atom. The smallest absolute Gasteiger partial charge is 0.239 e. The average Bonchev–Trinajstić information content (AvgIpc) is 2.93. The van der Waals surface area contributed by atoms with Gasteiger partial charge in [-0.2, -0.15) is 0 Å². The number of carbonyl (C=O) groups excluding carboxylic acids is 1. The fraction of sp³-hybridized carbons (Fsp3) is 0.185. The Hall–Kier alpha value is -5.22. The van der Waals surface area contributed by atoms with Crippen LogP contribution in [0.1, 0.15) is 10.4 Å². The minimum absolute atomic E-state index is 0.123. The van der Waals surface area contributed by atoms with Crippen LogP contribution in [0.5, 0.6) is 46.0 Å². The quantitative estimate of drug-likeness (QED) is 0.112. The predicted molar refractivity (Wildman–Crippen MR) is 138 cm³/mol. The molecule has 42 heavy (non-hydrogen) atoms. The number of aliphatic hydroxyl groups is 3. The summed E-state index contributed by atoms with van der Waals surface area (Å²) in [6.45, 7) is -0.735. The van der Waals surface area contributed by atoms with E-state index in [1.807, 2.05) is 0 Å². The first-order valence-electron chi connectivity index (χ1n) is 12.0. The zero-order chi connectivity index (χ0) is 30.7. The molecule has 0 amide bonds. The number of hydrogen-bond donors (Lipinski definition) is 10. The maximum Gasteiger partial charge on any atom is 0.239 e. The Kier molecular flexibility index (Phi) is 6.74. The molecule has 0 aliphatic carbocycles. The number of aromatic hydroxyl groups is 7. The number of ketones is 1. The molecule has 1 aliphatic heterocycles. The molecule has 1 saturated heterocycles. The van der Waals surface area contributed by atoms with Crippen LogP contribution in [0, 0.1) is 0 Å². The van der Waals surface area contributed by atoms with Crippen molar-refractivity contribution in [2.75, 3.05) is 6.61 Å². The van der Waals surface area contributed by atoms with Crippen molar-refractivity contribution in [3.05, 3.63) is 58.3 Å². The second-order valence-electron chi connectivity index (χ2n) is 9.44. The second-order valence-corrected chi connectivity index (χ2v) is 9.44. The van der Waals surface area contributed by atoms with Crippen molar-refractivity contribution in [2.24, 2.45) is 0 Å². The van der Waals surface area contributed by atoms with Crippen LogP contribution in [-0.4, -0.2) is 87.6 Å². The maximum atomic E-state index is 13.6. The summed E-state index contributed by atoms with van der Waals surface area (Å²) >= 11 is 0. The molecule has 5 rings (SSSR count). The van der Waals surface area contributed by atoms with Crippen LogP contribution in [-0.2, 0) is 4.74 Å². The van der Waals surface area contributed by atoms with Crippen molar-refractivity contribution < 1.29 is 69.8 Å². The van der Waals surface area contributed by atoms with Gasteiger partial charge in [0.2, 0.25) is 28.9 Å². The summed E-state index contributed by atoms with van der Waals surface area (Å²) in [6, 6.07) is 6.22. The number of phenolic OH excluding ortho intramolecular Hbond substituents is 7. The van der Waals surface area contributed by atoms with E-state index in [0.717, 1.165) is 24.3 Å². The molecule has 1 aromatic heterocycles. The van der Waals surface area contributed by atoms with Gasteiger partial charge in [-0.1, -0.05) is 0 Å². The Morgan fingerprint density at radius 2 is 1.52 bits per heavy atom. The molecule has 1 fully saturated rings. The number of ether oxygens (including phenoxy) is 2. The number of benzene rings is 3. The Balaban J connectivity index is 1.71. The van der Waals surface area contributed by atoms with Crippen LogP contribution >= 0.6 is 0 Å². The molecule has 10 N–H and O–H groups in total. The third kappa shape index (κ3) is 4.42. The van der Waals surface area contributed by atoms with E-state index in [4.69, 9.17) is 13.9 Å². The molecule has 0 spiro atoms. The molecule has 1 aliphatic rings. The highest BCUT2D eigenvalue weighted by Gasteiger charge is 2.59. The van der Waals surface area contributed by atoms with Crippen molar-refractivity contribution in [1.82, 2.24) is 0 Å². The molecule has 0 radical (unpaired) electrons. The van der Waals surface area contributed by atoms with E-state index in [0.29, 0.717) is 12.1 Å². The van der Waals surface area contributed by atoms with Gasteiger partial charge in [0.15, 0.2) is 34.5 Å². The van der Waals surface area contributed by atoms with E-state index in [1.54, 1.807) is 0 Å². The van der Waals surface area contributed by atoms with Gasteiger partial charge in [-0.3, -0.25) is 9.59 Å². The van der Waals surface area contributed by atoms with Gasteiger partial charge in [0.05, 0.1) is 6.61 Å². The van der Waals surface area contributed by atoms with Gasteiger partial charge in [0.1, 0.15) is 34.7 Å². The van der Waals surface area contributed by atoms with Gasteiger partial charge in [-0.25, -0.2) is 0 Å². The van der Waals surface area contributed by atoms with E-state index in [2.05, 4.69) is 0 Å². The number of carbonyl (C=O) groups is 1. The largest absolute Gasteiger partial charge is 0.508 e. The van der Waals surface area contributed by atoms with Crippen molar-refractivity contribution >= 4 is 16.8 Å². The number of aliphatic hydroxyl groups excluding tert-OH is 2. The molecular formula is C27H22O15. The third-order valence-corrected chi connectivity index (χ3v) is 6.67. The van der Waals surface area contributed by atoms with Crippen molar-refractivity contribution in [3.8, 4) is 57.3 Å². The standard InChI is InChI=1S/C27H22O15/c28-11-6-14(31)19-18(7-11)41-22(9-1-2-12(29)13(30)3-9)23(21(19)36)42-26-27(39,25(38)17(34)8-40-26)24(37)10-4-15(32)20(35)16(33)5-10/h1-7,17,25-26,28-35,38-39H,8H2/t17-,25-,26-,27+/m0/s1. The first kappa shape index (κ1) is 28.3. The monoisotopic (exact) mass is 586 g/mol. The number of hydrogen-bond acceptors (Lipinski definition) is 15. The average molecular weight is 586 g/mol. The third-order valence-electron chi connectivity index (χ3n) is 6.67. The molecule has 0 bridgehead atoms. The van der Waals surface area contributed by atoms with E-state index in [-0.39, 0.29) is 11.1 Å². The summed E-state index contributed by atoms with van der Waals surface area (Å²) in [5.74, 6) is -8.28. The lowest BCUT2D eigenvalue weighted by molar-refractivity contribution is -0.271. The van der Waals surface area contributed by atoms with Crippen LogP contribution in [0.3, 0.4) is 0 Å². The first-order valence-corrected chi connectivity index (χ1v) is 12.0. The Labute approximate surface area is 233 Å². The van der Waals surface area contributed by atoms with E-state index in [9.17, 15) is 60.7 Å². The minimum atomic E-state index is -3.25. The van der Waals surface area contributed by atoms with E-state index in [1.165, 1.54) is 6.07 Å². The van der Waals surface area contributed by atoms with Crippen LogP contribution in [0.15, 0.2) is 51.7 Å². The molecule has 3 aromatic carbocycles. The highest BCUT2D eigenvalue weighted by atomic mass is 16.7. The SMILES string of the molecule is O=C(c1cc(O)c(O)c(O)c1)[C@]1(O)[C@H](Oc2c(-c3ccc(O)c(O)c3)oc3cc(O)cc(O)c3c2=O)OC[C@H](O)[C@@H]1O. The summed E-state index contributed by atoms with van der Waals surface area (Å²) in [5, 5.41) is 101. The fourth-order valence-electron chi connectivity index (χ4n) is 4.51. The molecular weight excluding hydrogens is 564 g/mol. The molecule has 15 heteroatoms. The summed E-state index contributed by atoms with van der Waals surface area (Å²) in [7, 11) is 0. The molecule has 4 atom stereocenters. The van der Waals surface area contributed by atoms with Crippen LogP contribution in [0.25, 0.3) is 22.3 Å². The highest BCUT2D eigenvalue weighted by Crippen LogP contribution is 2.42. The molecule has 0 saturated carbocycles. The highest BCUT2D eigenvalue weighted by molar-refractivity contribution is 6.04. The van der Waals surface area contributed by atoms with Gasteiger partial charge in [-0.15, -0.1) is 0 Å². The zero-order valence-electron chi connectivity index (χ0n) is 21.0. The number of Topliss-reactive ketones (excluding diaryl/α,β-unsaturated/α-hetero) is 1. The van der Waals surface area contributed by atoms with Gasteiger partial charge < -0.3 is 65.0 Å². The van der Waals surface area contributed by atoms with Crippen molar-refractivity contribution in [3.63, 3.8) is 0 Å². The lowest BCUT2D eigenvalue weighted by atomic mass is 9.82. The zero-order valence-corrected chi connectivity index (χ0v) is 21.0. The number of rotatable bonds is 5. The Bertz CT molecular complexity index is 1770. The first-order chi connectivity index (χ1) is 19.7. The number of phenols is 7. The van der Waals surface area contributed by atoms with Crippen LogP contribution < -0.4 is 10.2 Å². The Morgan fingerprint density at radius 1 is 0.857 bits per heavy atom. The van der Waals surface area contributed by atoms with Crippen LogP contribution in [0.2, 0.25) is 0 Å². The summed E-state index contributed by atoms with van der Waals surface area (Å²) < 4.78 is 16.6. The van der Waals surface area contributed by atoms with Gasteiger partial charge >= 0.3 is 0 Å². The molecule has 220 valence electrons. The molecule has 4 aromatic rings. The fourth-order valence-corrected chi connectivity index (χ4v) is 4.51. The van der Waals surface area contributed by atoms with Gasteiger partial charge in [-0.05, 0) is 30.3 Å². The molecule has 15 nitrogen and oxygen atoms in total. The minimum Gasteiger partial charge on any atom is -0.508 e. The van der Waals surface area contributed by atoms with E-state index < -0.39 is 105 Å². The van der Waals surface area contributed by atoms with Gasteiger partial charge in [0, 0.05) is 23.3 Å². The lowest BCUT2D eigenvalue weighted by Crippen LogP contribution is -2.68. The summed E-state index contributed by atoms with van der Waals surface area (Å²) in [6.07, 6.45) is -6.54. The van der Waals surface area contributed by atoms with Crippen molar-refractivity contribution in [1.29, 1.82) is 0 Å². The predicted octanol–water partition coefficient (Wildman–Crippen LogP) is 0.470. The topological polar surface area (TPSA) is 268 Å². The summed E-state index contributed by atoms with van der Waals surface area (Å²) in [4.78, 5) is 27.1.